The van der Waals surface area contributed by atoms with E-state index in [4.69, 9.17) is 0 Å². The highest BCUT2D eigenvalue weighted by Crippen LogP contribution is 2.32. The molecule has 0 aromatic heterocycles. The Morgan fingerprint density at radius 3 is 2.13 bits per heavy atom. The van der Waals surface area contributed by atoms with Gasteiger partial charge in [0.1, 0.15) is 5.82 Å². The van der Waals surface area contributed by atoms with E-state index < -0.39 is 29.3 Å². The van der Waals surface area contributed by atoms with Crippen molar-refractivity contribution in [1.82, 2.24) is 0 Å². The molecule has 23 heavy (non-hydrogen) atoms. The Bertz CT molecular complexity index is 728. The van der Waals surface area contributed by atoms with Crippen LogP contribution < -0.4 is 0 Å². The molecule has 2 aromatic rings. The lowest BCUT2D eigenvalue weighted by Crippen LogP contribution is -2.20. The minimum Gasteiger partial charge on any atom is -0.505 e. The van der Waals surface area contributed by atoms with Crippen LogP contribution in [0.3, 0.4) is 0 Å². The second-order valence-electron chi connectivity index (χ2n) is 5.60. The Hall–Kier alpha value is -2.43. The fourth-order valence-electron chi connectivity index (χ4n) is 2.56. The van der Waals surface area contributed by atoms with Crippen LogP contribution in [0.5, 0.6) is 5.75 Å². The van der Waals surface area contributed by atoms with Crippen molar-refractivity contribution >= 4 is 5.97 Å². The number of carboxylic acid groups (broad SMARTS) is 1. The van der Waals surface area contributed by atoms with Crippen LogP contribution in [0.1, 0.15) is 31.7 Å². The zero-order valence-corrected chi connectivity index (χ0v) is 12.9. The highest BCUT2D eigenvalue weighted by Gasteiger charge is 2.28. The van der Waals surface area contributed by atoms with Crippen molar-refractivity contribution in [2.24, 2.45) is 5.92 Å². The van der Waals surface area contributed by atoms with Gasteiger partial charge in [0.15, 0.2) is 11.6 Å². The highest BCUT2D eigenvalue weighted by atomic mass is 19.1. The molecule has 0 saturated heterocycles. The third-order valence-corrected chi connectivity index (χ3v) is 4.10. The van der Waals surface area contributed by atoms with E-state index in [9.17, 15) is 23.8 Å². The summed E-state index contributed by atoms with van der Waals surface area (Å²) in [6.45, 7) is 3.62. The Balaban J connectivity index is 2.44. The van der Waals surface area contributed by atoms with E-state index in [2.05, 4.69) is 0 Å². The lowest BCUT2D eigenvalue weighted by atomic mass is 9.84. The van der Waals surface area contributed by atoms with Crippen molar-refractivity contribution in [2.45, 2.75) is 26.2 Å². The number of carboxylic acids is 1. The molecule has 0 saturated carbocycles. The number of carbonyl (C=O) groups is 1. The van der Waals surface area contributed by atoms with E-state index in [1.165, 1.54) is 24.3 Å². The smallest absolute Gasteiger partial charge is 0.311 e. The fraction of sp³-hybridized carbons (Fsp3) is 0.278. The molecule has 0 bridgehead atoms. The summed E-state index contributed by atoms with van der Waals surface area (Å²) < 4.78 is 27.8. The molecule has 2 rings (SSSR count). The van der Waals surface area contributed by atoms with Gasteiger partial charge in [0.2, 0.25) is 0 Å². The van der Waals surface area contributed by atoms with E-state index in [1.807, 2.05) is 6.92 Å². The van der Waals surface area contributed by atoms with Gasteiger partial charge in [0.25, 0.3) is 0 Å². The number of aliphatic carboxylic acids is 1. The van der Waals surface area contributed by atoms with E-state index in [-0.39, 0.29) is 11.5 Å². The second kappa shape index (κ2) is 6.77. The van der Waals surface area contributed by atoms with E-state index in [0.717, 1.165) is 6.07 Å². The molecular formula is C18H18F2O3. The molecule has 0 spiro atoms. The van der Waals surface area contributed by atoms with E-state index >= 15 is 0 Å². The molecule has 0 aliphatic rings. The Morgan fingerprint density at radius 2 is 1.65 bits per heavy atom. The molecule has 2 N–H and O–H groups in total. The molecule has 0 aliphatic heterocycles. The first kappa shape index (κ1) is 16.9. The second-order valence-corrected chi connectivity index (χ2v) is 5.60. The van der Waals surface area contributed by atoms with Crippen molar-refractivity contribution in [3.63, 3.8) is 0 Å². The van der Waals surface area contributed by atoms with Gasteiger partial charge in [-0.15, -0.1) is 0 Å². The monoisotopic (exact) mass is 320 g/mol. The van der Waals surface area contributed by atoms with E-state index in [1.54, 1.807) is 13.0 Å². The molecule has 0 amide bonds. The summed E-state index contributed by atoms with van der Waals surface area (Å²) in [4.78, 5) is 11.4. The number of phenolic OH excluding ortho intramolecular Hbond substituents is 1. The first-order valence-corrected chi connectivity index (χ1v) is 7.36. The van der Waals surface area contributed by atoms with Crippen LogP contribution in [-0.4, -0.2) is 16.2 Å². The van der Waals surface area contributed by atoms with Crippen molar-refractivity contribution in [1.29, 1.82) is 0 Å². The summed E-state index contributed by atoms with van der Waals surface area (Å²) in [6.07, 6.45) is 0.612. The molecule has 2 atom stereocenters. The molecule has 0 aliphatic carbocycles. The third-order valence-electron chi connectivity index (χ3n) is 4.10. The van der Waals surface area contributed by atoms with Crippen LogP contribution in [-0.2, 0) is 4.79 Å². The number of benzene rings is 2. The van der Waals surface area contributed by atoms with Crippen LogP contribution >= 0.6 is 0 Å². The molecular weight excluding hydrogens is 302 g/mol. The summed E-state index contributed by atoms with van der Waals surface area (Å²) in [5, 5.41) is 18.6. The van der Waals surface area contributed by atoms with Gasteiger partial charge in [-0.25, -0.2) is 8.78 Å². The van der Waals surface area contributed by atoms with Gasteiger partial charge in [-0.1, -0.05) is 38.5 Å². The molecule has 0 fully saturated rings. The minimum absolute atomic E-state index is 0.120. The quantitative estimate of drug-likeness (QED) is 0.849. The first-order chi connectivity index (χ1) is 10.8. The Morgan fingerprint density at radius 1 is 1.09 bits per heavy atom. The molecule has 0 heterocycles. The number of aromatic hydroxyl groups is 1. The summed E-state index contributed by atoms with van der Waals surface area (Å²) in [7, 11) is 0. The van der Waals surface area contributed by atoms with Crippen LogP contribution in [0.2, 0.25) is 0 Å². The number of hydrogen-bond acceptors (Lipinski definition) is 2. The third kappa shape index (κ3) is 3.50. The number of phenols is 1. The maximum atomic E-state index is 14.4. The van der Waals surface area contributed by atoms with Crippen molar-refractivity contribution in [3.05, 3.63) is 53.6 Å². The predicted molar refractivity (Wildman–Crippen MR) is 83.3 cm³/mol. The average molecular weight is 320 g/mol. The first-order valence-electron chi connectivity index (χ1n) is 7.36. The average Bonchev–Trinajstić information content (AvgIpc) is 2.51. The molecule has 3 nitrogen and oxygen atoms in total. The zero-order valence-electron chi connectivity index (χ0n) is 12.9. The van der Waals surface area contributed by atoms with Gasteiger partial charge in [0.05, 0.1) is 5.92 Å². The summed E-state index contributed by atoms with van der Waals surface area (Å²) >= 11 is 0. The zero-order chi connectivity index (χ0) is 17.1. The number of rotatable bonds is 5. The molecule has 1 unspecified atom stereocenters. The predicted octanol–water partition coefficient (Wildman–Crippen LogP) is 4.55. The number of hydrogen-bond donors (Lipinski definition) is 2. The molecule has 2 aromatic carbocycles. The van der Waals surface area contributed by atoms with Crippen LogP contribution in [0.4, 0.5) is 8.78 Å². The van der Waals surface area contributed by atoms with Gasteiger partial charge >= 0.3 is 5.97 Å². The van der Waals surface area contributed by atoms with Gasteiger partial charge < -0.3 is 10.2 Å². The van der Waals surface area contributed by atoms with Gasteiger partial charge in [-0.05, 0) is 35.2 Å². The number of halogens is 2. The maximum absolute atomic E-state index is 14.4. The highest BCUT2D eigenvalue weighted by molar-refractivity contribution is 5.77. The maximum Gasteiger partial charge on any atom is 0.311 e. The standard InChI is InChI=1S/C18H18F2O3/c1-3-10(2)17(18(22)23)13-6-4-11(8-14(13)19)12-5-7-16(21)15(20)9-12/h4-10,17,21H,3H2,1-2H3,(H,22,23)/t10-,17?/m0/s1. The molecule has 122 valence electrons. The summed E-state index contributed by atoms with van der Waals surface area (Å²) in [5.74, 6) is -4.11. The Labute approximate surface area is 133 Å². The van der Waals surface area contributed by atoms with Crippen molar-refractivity contribution < 1.29 is 23.8 Å². The van der Waals surface area contributed by atoms with Crippen LogP contribution in [0, 0.1) is 17.6 Å². The fourth-order valence-corrected chi connectivity index (χ4v) is 2.56. The van der Waals surface area contributed by atoms with Gasteiger partial charge in [0, 0.05) is 5.56 Å². The summed E-state index contributed by atoms with van der Waals surface area (Å²) in [6, 6.07) is 7.95. The van der Waals surface area contributed by atoms with Crippen LogP contribution in [0.25, 0.3) is 11.1 Å². The van der Waals surface area contributed by atoms with Crippen molar-refractivity contribution in [3.8, 4) is 16.9 Å². The van der Waals surface area contributed by atoms with Crippen molar-refractivity contribution in [2.75, 3.05) is 0 Å². The van der Waals surface area contributed by atoms with Crippen LogP contribution in [0.15, 0.2) is 36.4 Å². The normalized spacial score (nSPS) is 13.6. The lowest BCUT2D eigenvalue weighted by Gasteiger charge is -2.20. The topological polar surface area (TPSA) is 57.5 Å². The minimum atomic E-state index is -1.07. The lowest BCUT2D eigenvalue weighted by molar-refractivity contribution is -0.140. The molecule has 0 radical (unpaired) electrons. The van der Waals surface area contributed by atoms with Gasteiger partial charge in [-0.3, -0.25) is 4.79 Å². The molecule has 5 heteroatoms. The Kier molecular flexibility index (Phi) is 4.98. The summed E-state index contributed by atoms with van der Waals surface area (Å²) in [5.41, 5.74) is 0.939. The largest absolute Gasteiger partial charge is 0.505 e. The van der Waals surface area contributed by atoms with E-state index in [0.29, 0.717) is 17.5 Å². The van der Waals surface area contributed by atoms with Gasteiger partial charge in [-0.2, -0.15) is 0 Å². The SMILES string of the molecule is CC[C@H](C)C(C(=O)O)c1ccc(-c2ccc(O)c(F)c2)cc1F.